The van der Waals surface area contributed by atoms with Gasteiger partial charge in [0.1, 0.15) is 0 Å². The number of nitrogens with zero attached hydrogens (tertiary/aromatic N) is 3. The molecule has 1 aromatic heterocycles. The van der Waals surface area contributed by atoms with Crippen LogP contribution in [0.25, 0.3) is 11.1 Å². The number of aromatic amines is 1. The number of benzene rings is 1. The smallest absolute Gasteiger partial charge is 0.220 e. The van der Waals surface area contributed by atoms with E-state index >= 15 is 0 Å². The summed E-state index contributed by atoms with van der Waals surface area (Å²) < 4.78 is 0. The molecular formula is C19H19N5O. The fourth-order valence-corrected chi connectivity index (χ4v) is 3.36. The minimum atomic E-state index is -0.0990. The molecule has 126 valence electrons. The molecule has 1 heterocycles. The molecule has 0 saturated carbocycles. The van der Waals surface area contributed by atoms with Crippen LogP contribution in [0.1, 0.15) is 37.6 Å². The summed E-state index contributed by atoms with van der Waals surface area (Å²) in [5, 5.41) is 17.6. The summed E-state index contributed by atoms with van der Waals surface area (Å²) in [4.78, 5) is 12.2. The Bertz CT molecular complexity index is 878. The number of hydrogen-bond acceptors (Lipinski definition) is 4. The quantitative estimate of drug-likeness (QED) is 0.851. The van der Waals surface area contributed by atoms with Gasteiger partial charge in [0.25, 0.3) is 0 Å². The Morgan fingerprint density at radius 3 is 2.80 bits per heavy atom. The van der Waals surface area contributed by atoms with Crippen LogP contribution in [0.15, 0.2) is 53.6 Å². The van der Waals surface area contributed by atoms with E-state index in [0.29, 0.717) is 12.2 Å². The molecule has 2 aromatic rings. The third kappa shape index (κ3) is 2.69. The average molecular weight is 333 g/mol. The van der Waals surface area contributed by atoms with Crippen LogP contribution >= 0.6 is 0 Å². The van der Waals surface area contributed by atoms with Gasteiger partial charge in [-0.2, -0.15) is 5.21 Å². The fraction of sp³-hybridized carbons (Fsp3) is 0.263. The Labute approximate surface area is 145 Å². The summed E-state index contributed by atoms with van der Waals surface area (Å²) in [7, 11) is 0. The third-order valence-electron chi connectivity index (χ3n) is 4.59. The van der Waals surface area contributed by atoms with Crippen molar-refractivity contribution in [2.24, 2.45) is 0 Å². The first-order valence-electron chi connectivity index (χ1n) is 8.55. The second kappa shape index (κ2) is 6.47. The molecule has 2 aliphatic rings. The zero-order valence-electron chi connectivity index (χ0n) is 14.0. The van der Waals surface area contributed by atoms with Crippen molar-refractivity contribution in [2.75, 3.05) is 0 Å². The molecule has 6 heteroatoms. The molecular weight excluding hydrogens is 314 g/mol. The first kappa shape index (κ1) is 15.5. The molecule has 2 bridgehead atoms. The van der Waals surface area contributed by atoms with Gasteiger partial charge < -0.3 is 5.32 Å². The lowest BCUT2D eigenvalue weighted by Crippen LogP contribution is -2.45. The maximum atomic E-state index is 12.2. The van der Waals surface area contributed by atoms with Crippen LogP contribution in [0.2, 0.25) is 0 Å². The molecule has 1 unspecified atom stereocenters. The Hall–Kier alpha value is -3.02. The Morgan fingerprint density at radius 1 is 1.24 bits per heavy atom. The van der Waals surface area contributed by atoms with Crippen molar-refractivity contribution in [3.8, 4) is 0 Å². The van der Waals surface area contributed by atoms with E-state index in [2.05, 4.69) is 51.1 Å². The number of allylic oxidation sites excluding steroid dienone is 2. The van der Waals surface area contributed by atoms with Gasteiger partial charge >= 0.3 is 0 Å². The number of unbranched alkanes of at least 4 members (excludes halogenated alkanes) is 1. The molecule has 2 N–H and O–H groups in total. The minimum absolute atomic E-state index is 0.0803. The number of H-pyrrole nitrogens is 1. The maximum Gasteiger partial charge on any atom is 0.220 e. The zero-order chi connectivity index (χ0) is 17.2. The van der Waals surface area contributed by atoms with Crippen molar-refractivity contribution in [3.05, 3.63) is 65.0 Å². The van der Waals surface area contributed by atoms with E-state index in [9.17, 15) is 4.79 Å². The van der Waals surface area contributed by atoms with Gasteiger partial charge in [0.2, 0.25) is 11.7 Å². The van der Waals surface area contributed by atoms with Crippen LogP contribution in [0.4, 0.5) is 0 Å². The van der Waals surface area contributed by atoms with Gasteiger partial charge in [-0.05, 0) is 33.9 Å². The van der Waals surface area contributed by atoms with Crippen molar-refractivity contribution >= 4 is 17.1 Å². The number of hydrogen-bond donors (Lipinski definition) is 2. The lowest BCUT2D eigenvalue weighted by molar-refractivity contribution is -0.121. The number of aromatic nitrogens is 4. The largest absolute Gasteiger partial charge is 0.345 e. The van der Waals surface area contributed by atoms with Crippen LogP contribution in [-0.4, -0.2) is 32.6 Å². The van der Waals surface area contributed by atoms with E-state index in [-0.39, 0.29) is 11.9 Å². The SMILES string of the molecule is CCCCC(=O)NC1c2ccc(-c3ccccc3)c1c2-c1nn[nH]n1. The topological polar surface area (TPSA) is 83.6 Å². The first-order valence-corrected chi connectivity index (χ1v) is 8.55. The van der Waals surface area contributed by atoms with Crippen LogP contribution in [0.5, 0.6) is 0 Å². The van der Waals surface area contributed by atoms with Crippen LogP contribution < -0.4 is 5.32 Å². The van der Waals surface area contributed by atoms with Crippen molar-refractivity contribution in [3.63, 3.8) is 0 Å². The van der Waals surface area contributed by atoms with E-state index in [1.807, 2.05) is 24.3 Å². The normalized spacial score (nSPS) is 18.4. The monoisotopic (exact) mass is 333 g/mol. The molecule has 1 atom stereocenters. The number of amides is 1. The summed E-state index contributed by atoms with van der Waals surface area (Å²) in [5.74, 6) is 0.651. The first-order chi connectivity index (χ1) is 12.3. The van der Waals surface area contributed by atoms with E-state index in [1.54, 1.807) is 0 Å². The predicted molar refractivity (Wildman–Crippen MR) is 95.1 cm³/mol. The molecule has 1 aromatic carbocycles. The van der Waals surface area contributed by atoms with Crippen LogP contribution in [-0.2, 0) is 4.79 Å². The number of nitrogens with one attached hydrogen (secondary N) is 2. The number of fused-ring (bicyclic) bond motifs is 2. The lowest BCUT2D eigenvalue weighted by atomic mass is 9.69. The van der Waals surface area contributed by atoms with Gasteiger partial charge in [-0.15, -0.1) is 10.2 Å². The number of carbonyl (C=O) groups excluding carboxylic acids is 1. The third-order valence-corrected chi connectivity index (χ3v) is 4.59. The van der Waals surface area contributed by atoms with E-state index < -0.39 is 0 Å². The molecule has 0 saturated heterocycles. The number of rotatable bonds is 6. The molecule has 25 heavy (non-hydrogen) atoms. The summed E-state index contributed by atoms with van der Waals surface area (Å²) >= 11 is 0. The molecule has 1 amide bonds. The molecule has 0 spiro atoms. The van der Waals surface area contributed by atoms with Gasteiger partial charge in [0.15, 0.2) is 0 Å². The average Bonchev–Trinajstić information content (AvgIpc) is 3.18. The lowest BCUT2D eigenvalue weighted by Gasteiger charge is -2.40. The summed E-state index contributed by atoms with van der Waals surface area (Å²) in [6.07, 6.45) is 6.60. The van der Waals surface area contributed by atoms with Gasteiger partial charge in [0.05, 0.1) is 6.04 Å². The Morgan fingerprint density at radius 2 is 2.08 bits per heavy atom. The van der Waals surface area contributed by atoms with E-state index in [4.69, 9.17) is 0 Å². The maximum absolute atomic E-state index is 12.2. The van der Waals surface area contributed by atoms with Gasteiger partial charge in [-0.3, -0.25) is 4.79 Å². The summed E-state index contributed by atoms with van der Waals surface area (Å²) in [6, 6.07) is 10.1. The van der Waals surface area contributed by atoms with Gasteiger partial charge in [-0.1, -0.05) is 55.8 Å². The number of carbonyl (C=O) groups is 1. The standard InChI is InChI=1S/C19H19N5O/c1-2-3-9-15(25)20-18-14-11-10-13(12-7-5-4-6-8-12)16(18)17(14)19-21-23-24-22-19/h4-8,10-11,18H,2-3,9H2,1H3,(H,20,25)(H,21,22,23,24). The predicted octanol–water partition coefficient (Wildman–Crippen LogP) is 2.67. The Kier molecular flexibility index (Phi) is 4.01. The van der Waals surface area contributed by atoms with Crippen molar-refractivity contribution in [1.82, 2.24) is 25.9 Å². The second-order valence-corrected chi connectivity index (χ2v) is 6.20. The van der Waals surface area contributed by atoms with Crippen LogP contribution in [0, 0.1) is 0 Å². The van der Waals surface area contributed by atoms with Crippen molar-refractivity contribution < 1.29 is 4.79 Å². The molecule has 6 nitrogen and oxygen atoms in total. The minimum Gasteiger partial charge on any atom is -0.345 e. The highest BCUT2D eigenvalue weighted by molar-refractivity contribution is 6.06. The zero-order valence-corrected chi connectivity index (χ0v) is 14.0. The summed E-state index contributed by atoms with van der Waals surface area (Å²) in [6.45, 7) is 2.08. The van der Waals surface area contributed by atoms with E-state index in [0.717, 1.165) is 40.7 Å². The van der Waals surface area contributed by atoms with Gasteiger partial charge in [0, 0.05) is 12.0 Å². The summed E-state index contributed by atoms with van der Waals surface area (Å²) in [5.41, 5.74) is 5.28. The molecule has 0 aliphatic heterocycles. The fourth-order valence-electron chi connectivity index (χ4n) is 3.36. The molecule has 2 aliphatic carbocycles. The van der Waals surface area contributed by atoms with E-state index in [1.165, 1.54) is 0 Å². The number of tetrazole rings is 1. The highest BCUT2D eigenvalue weighted by atomic mass is 16.1. The van der Waals surface area contributed by atoms with Crippen molar-refractivity contribution in [1.29, 1.82) is 0 Å². The molecule has 0 radical (unpaired) electrons. The second-order valence-electron chi connectivity index (χ2n) is 6.20. The molecule has 0 fully saturated rings. The molecule has 4 rings (SSSR count). The van der Waals surface area contributed by atoms with Crippen molar-refractivity contribution in [2.45, 2.75) is 32.2 Å². The Balaban J connectivity index is 1.69. The highest BCUT2D eigenvalue weighted by Gasteiger charge is 2.42. The highest BCUT2D eigenvalue weighted by Crippen LogP contribution is 2.49. The van der Waals surface area contributed by atoms with Gasteiger partial charge in [-0.25, -0.2) is 0 Å². The van der Waals surface area contributed by atoms with Crippen LogP contribution in [0.3, 0.4) is 0 Å².